The minimum Gasteiger partial charge on any atom is -0.394 e. The number of aliphatic hydroxyl groups is 1. The van der Waals surface area contributed by atoms with Gasteiger partial charge in [0.15, 0.2) is 0 Å². The zero-order valence-electron chi connectivity index (χ0n) is 9.09. The molecular weight excluding hydrogens is 150 g/mol. The summed E-state index contributed by atoms with van der Waals surface area (Å²) in [5, 5.41) is 9.12. The van der Waals surface area contributed by atoms with Crippen LogP contribution in [0.2, 0.25) is 0 Å². The maximum Gasteiger partial charge on any atom is 0.0615 e. The predicted molar refractivity (Wildman–Crippen MR) is 53.2 cm³/mol. The Kier molecular flexibility index (Phi) is 4.80. The summed E-state index contributed by atoms with van der Waals surface area (Å²) in [4.78, 5) is 2.25. The summed E-state index contributed by atoms with van der Waals surface area (Å²) in [6, 6.07) is 0. The lowest BCUT2D eigenvalue weighted by atomic mass is 9.89. The summed E-state index contributed by atoms with van der Waals surface area (Å²) < 4.78 is 0. The first-order chi connectivity index (χ1) is 5.61. The first-order valence-electron chi connectivity index (χ1n) is 4.93. The van der Waals surface area contributed by atoms with Crippen molar-refractivity contribution >= 4 is 0 Å². The van der Waals surface area contributed by atoms with Crippen LogP contribution in [0.4, 0.5) is 0 Å². The quantitative estimate of drug-likeness (QED) is 0.653. The van der Waals surface area contributed by atoms with Gasteiger partial charge in [0.2, 0.25) is 0 Å². The molecule has 0 aromatic rings. The molecule has 74 valence electrons. The highest BCUT2D eigenvalue weighted by atomic mass is 16.3. The predicted octanol–water partition coefficient (Wildman–Crippen LogP) is 1.74. The Balaban J connectivity index is 0.000000561. The number of likely N-dealkylation sites (tertiary alicyclic amines) is 1. The highest BCUT2D eigenvalue weighted by molar-refractivity contribution is 4.94. The van der Waals surface area contributed by atoms with E-state index in [1.807, 2.05) is 13.8 Å². The zero-order valence-corrected chi connectivity index (χ0v) is 9.09. The monoisotopic (exact) mass is 173 g/mol. The molecule has 2 atom stereocenters. The van der Waals surface area contributed by atoms with Gasteiger partial charge in [-0.05, 0) is 32.9 Å². The second-order valence-electron chi connectivity index (χ2n) is 3.63. The smallest absolute Gasteiger partial charge is 0.0615 e. The molecule has 1 heterocycles. The van der Waals surface area contributed by atoms with E-state index in [9.17, 15) is 0 Å². The van der Waals surface area contributed by atoms with E-state index in [0.29, 0.717) is 5.92 Å². The Morgan fingerprint density at radius 1 is 1.50 bits per heavy atom. The fourth-order valence-corrected chi connectivity index (χ4v) is 1.61. The average Bonchev–Trinajstić information content (AvgIpc) is 2.37. The van der Waals surface area contributed by atoms with Crippen LogP contribution in [0.3, 0.4) is 0 Å². The van der Waals surface area contributed by atoms with E-state index in [0.717, 1.165) is 6.54 Å². The van der Waals surface area contributed by atoms with Gasteiger partial charge in [0.1, 0.15) is 0 Å². The molecule has 0 aliphatic carbocycles. The first kappa shape index (κ1) is 11.9. The van der Waals surface area contributed by atoms with E-state index in [2.05, 4.69) is 25.8 Å². The Labute approximate surface area is 76.6 Å². The molecule has 0 amide bonds. The zero-order chi connectivity index (χ0) is 9.78. The minimum absolute atomic E-state index is 0.0417. The van der Waals surface area contributed by atoms with E-state index >= 15 is 0 Å². The Morgan fingerprint density at radius 3 is 2.17 bits per heavy atom. The van der Waals surface area contributed by atoms with Crippen molar-refractivity contribution in [2.24, 2.45) is 5.92 Å². The van der Waals surface area contributed by atoms with Gasteiger partial charge < -0.3 is 5.11 Å². The number of hydrogen-bond acceptors (Lipinski definition) is 2. The summed E-state index contributed by atoms with van der Waals surface area (Å²) in [6.45, 7) is 9.74. The number of aliphatic hydroxyl groups excluding tert-OH is 1. The van der Waals surface area contributed by atoms with Gasteiger partial charge in [-0.25, -0.2) is 0 Å². The lowest BCUT2D eigenvalue weighted by molar-refractivity contribution is 0.0729. The van der Waals surface area contributed by atoms with Crippen LogP contribution >= 0.6 is 0 Å². The molecule has 1 N–H and O–H groups in total. The molecule has 1 aliphatic rings. The largest absolute Gasteiger partial charge is 0.394 e. The SMILES string of the molecule is CC.C[C@H]1CCN(C)[C@@]1(C)CO. The fourth-order valence-electron chi connectivity index (χ4n) is 1.61. The van der Waals surface area contributed by atoms with Gasteiger partial charge in [-0.1, -0.05) is 20.8 Å². The third-order valence-corrected chi connectivity index (χ3v) is 3.15. The van der Waals surface area contributed by atoms with Crippen molar-refractivity contribution < 1.29 is 5.11 Å². The molecule has 0 radical (unpaired) electrons. The van der Waals surface area contributed by atoms with Gasteiger partial charge in [0.05, 0.1) is 6.61 Å². The van der Waals surface area contributed by atoms with Crippen LogP contribution in [0.25, 0.3) is 0 Å². The van der Waals surface area contributed by atoms with Crippen molar-refractivity contribution in [2.45, 2.75) is 39.7 Å². The number of hydrogen-bond donors (Lipinski definition) is 1. The lowest BCUT2D eigenvalue weighted by Crippen LogP contribution is -2.45. The van der Waals surface area contributed by atoms with E-state index < -0.39 is 0 Å². The molecular formula is C10H23NO. The summed E-state index contributed by atoms with van der Waals surface area (Å²) in [5.74, 6) is 0.627. The van der Waals surface area contributed by atoms with Crippen LogP contribution in [0.1, 0.15) is 34.1 Å². The molecule has 0 bridgehead atoms. The van der Waals surface area contributed by atoms with E-state index in [1.54, 1.807) is 0 Å². The standard InChI is InChI=1S/C8H17NO.C2H6/c1-7-4-5-9(3)8(7,2)6-10;1-2/h7,10H,4-6H2,1-3H3;1-2H3/t7-,8-;/m0./s1. The average molecular weight is 173 g/mol. The highest BCUT2D eigenvalue weighted by Gasteiger charge is 2.39. The molecule has 0 unspecified atom stereocenters. The lowest BCUT2D eigenvalue weighted by Gasteiger charge is -2.33. The molecule has 0 aromatic heterocycles. The normalized spacial score (nSPS) is 36.0. The molecule has 0 aromatic carbocycles. The molecule has 2 heteroatoms. The molecule has 0 spiro atoms. The van der Waals surface area contributed by atoms with Crippen molar-refractivity contribution in [1.29, 1.82) is 0 Å². The summed E-state index contributed by atoms with van der Waals surface area (Å²) in [7, 11) is 2.08. The summed E-state index contributed by atoms with van der Waals surface area (Å²) in [6.07, 6.45) is 1.22. The highest BCUT2D eigenvalue weighted by Crippen LogP contribution is 2.32. The van der Waals surface area contributed by atoms with Crippen LogP contribution < -0.4 is 0 Å². The first-order valence-corrected chi connectivity index (χ1v) is 4.93. The van der Waals surface area contributed by atoms with Crippen molar-refractivity contribution in [1.82, 2.24) is 4.90 Å². The molecule has 1 rings (SSSR count). The maximum absolute atomic E-state index is 9.12. The van der Waals surface area contributed by atoms with E-state index in [4.69, 9.17) is 5.11 Å². The topological polar surface area (TPSA) is 23.5 Å². The fraction of sp³-hybridized carbons (Fsp3) is 1.00. The third-order valence-electron chi connectivity index (χ3n) is 3.15. The van der Waals surface area contributed by atoms with Gasteiger partial charge in [-0.15, -0.1) is 0 Å². The van der Waals surface area contributed by atoms with Crippen LogP contribution in [-0.2, 0) is 0 Å². The van der Waals surface area contributed by atoms with Gasteiger partial charge in [0, 0.05) is 5.54 Å². The summed E-state index contributed by atoms with van der Waals surface area (Å²) >= 11 is 0. The third kappa shape index (κ3) is 1.99. The molecule has 0 saturated carbocycles. The molecule has 1 saturated heterocycles. The van der Waals surface area contributed by atoms with Crippen molar-refractivity contribution in [3.05, 3.63) is 0 Å². The van der Waals surface area contributed by atoms with Crippen molar-refractivity contribution in [3.63, 3.8) is 0 Å². The minimum atomic E-state index is 0.0417. The molecule has 12 heavy (non-hydrogen) atoms. The Bertz CT molecular complexity index is 115. The molecule has 2 nitrogen and oxygen atoms in total. The number of rotatable bonds is 1. The van der Waals surface area contributed by atoms with Gasteiger partial charge in [-0.3, -0.25) is 4.90 Å². The van der Waals surface area contributed by atoms with Crippen molar-refractivity contribution in [2.75, 3.05) is 20.2 Å². The van der Waals surface area contributed by atoms with Crippen LogP contribution in [-0.4, -0.2) is 35.7 Å². The second-order valence-corrected chi connectivity index (χ2v) is 3.63. The summed E-state index contributed by atoms with van der Waals surface area (Å²) in [5.41, 5.74) is 0.0417. The van der Waals surface area contributed by atoms with Gasteiger partial charge in [-0.2, -0.15) is 0 Å². The van der Waals surface area contributed by atoms with Crippen LogP contribution in [0.15, 0.2) is 0 Å². The number of nitrogens with zero attached hydrogens (tertiary/aromatic N) is 1. The molecule has 1 fully saturated rings. The van der Waals surface area contributed by atoms with Gasteiger partial charge >= 0.3 is 0 Å². The maximum atomic E-state index is 9.12. The Morgan fingerprint density at radius 2 is 2.00 bits per heavy atom. The van der Waals surface area contributed by atoms with E-state index in [-0.39, 0.29) is 12.1 Å². The molecule has 1 aliphatic heterocycles. The van der Waals surface area contributed by atoms with Crippen LogP contribution in [0.5, 0.6) is 0 Å². The number of likely N-dealkylation sites (N-methyl/N-ethyl adjacent to an activating group) is 1. The Hall–Kier alpha value is -0.0800. The second kappa shape index (κ2) is 4.83. The van der Waals surface area contributed by atoms with Crippen LogP contribution in [0, 0.1) is 5.92 Å². The van der Waals surface area contributed by atoms with E-state index in [1.165, 1.54) is 6.42 Å². The van der Waals surface area contributed by atoms with Crippen molar-refractivity contribution in [3.8, 4) is 0 Å². The van der Waals surface area contributed by atoms with Gasteiger partial charge in [0.25, 0.3) is 0 Å².